The van der Waals surface area contributed by atoms with Crippen LogP contribution < -0.4 is 0 Å². The molecule has 5 nitrogen and oxygen atoms in total. The van der Waals surface area contributed by atoms with E-state index in [1.54, 1.807) is 31.3 Å². The van der Waals surface area contributed by atoms with Crippen LogP contribution in [-0.4, -0.2) is 42.4 Å². The Bertz CT molecular complexity index is 609. The third-order valence-corrected chi connectivity index (χ3v) is 6.32. The number of rotatable bonds is 3. The summed E-state index contributed by atoms with van der Waals surface area (Å²) in [5.74, 6) is -0.0738. The van der Waals surface area contributed by atoms with E-state index in [0.29, 0.717) is 12.8 Å². The van der Waals surface area contributed by atoms with Crippen LogP contribution in [0, 0.1) is 0 Å². The molecule has 0 aliphatic carbocycles. The summed E-state index contributed by atoms with van der Waals surface area (Å²) in [4.78, 5) is 14.0. The molecule has 1 aromatic rings. The van der Waals surface area contributed by atoms with Crippen molar-refractivity contribution in [1.29, 1.82) is 0 Å². The van der Waals surface area contributed by atoms with Crippen LogP contribution in [0.5, 0.6) is 5.75 Å². The van der Waals surface area contributed by atoms with Crippen molar-refractivity contribution in [1.82, 2.24) is 4.90 Å². The smallest absolute Gasteiger partial charge is 0.241 e. The van der Waals surface area contributed by atoms with Gasteiger partial charge in [-0.1, -0.05) is 18.6 Å². The van der Waals surface area contributed by atoms with Crippen LogP contribution in [0.4, 0.5) is 0 Å². The fourth-order valence-electron chi connectivity index (χ4n) is 2.63. The maximum Gasteiger partial charge on any atom is 0.241 e. The number of carbonyl (C=O) groups excluding carboxylic acids is 1. The first-order chi connectivity index (χ1) is 9.83. The third-order valence-electron chi connectivity index (χ3n) is 4.16. The van der Waals surface area contributed by atoms with E-state index >= 15 is 0 Å². The van der Waals surface area contributed by atoms with E-state index in [4.69, 9.17) is 0 Å². The molecule has 2 unspecified atom stereocenters. The van der Waals surface area contributed by atoms with Crippen molar-refractivity contribution in [2.24, 2.45) is 0 Å². The van der Waals surface area contributed by atoms with Gasteiger partial charge in [0.1, 0.15) is 11.0 Å². The van der Waals surface area contributed by atoms with Crippen LogP contribution in [0.25, 0.3) is 0 Å². The normalized spacial score (nSPS) is 22.5. The number of benzene rings is 1. The van der Waals surface area contributed by atoms with Crippen LogP contribution in [0.3, 0.4) is 0 Å². The Hall–Kier alpha value is -1.56. The molecule has 1 aliphatic rings. The molecule has 1 aliphatic heterocycles. The molecule has 2 rings (SSSR count). The lowest BCUT2D eigenvalue weighted by atomic mass is 10.1. The second kappa shape index (κ2) is 6.05. The molecule has 1 saturated heterocycles. The minimum absolute atomic E-state index is 0.102. The Morgan fingerprint density at radius 1 is 1.29 bits per heavy atom. The van der Waals surface area contributed by atoms with Gasteiger partial charge in [0, 0.05) is 7.05 Å². The Labute approximate surface area is 125 Å². The van der Waals surface area contributed by atoms with Gasteiger partial charge in [-0.25, -0.2) is 8.42 Å². The van der Waals surface area contributed by atoms with Crippen LogP contribution in [0.2, 0.25) is 0 Å². The summed E-state index contributed by atoms with van der Waals surface area (Å²) < 4.78 is 24.1. The molecule has 0 saturated carbocycles. The van der Waals surface area contributed by atoms with Crippen molar-refractivity contribution in [3.8, 4) is 5.75 Å². The van der Waals surface area contributed by atoms with Crippen LogP contribution in [-0.2, 0) is 14.6 Å². The van der Waals surface area contributed by atoms with E-state index in [1.165, 1.54) is 4.90 Å². The number of carbonyl (C=O) groups is 1. The van der Waals surface area contributed by atoms with Crippen LogP contribution in [0.15, 0.2) is 24.3 Å². The molecule has 1 amide bonds. The minimum atomic E-state index is -3.32. The number of hydrogen-bond donors (Lipinski definition) is 1. The summed E-state index contributed by atoms with van der Waals surface area (Å²) in [6.45, 7) is 1.85. The summed E-state index contributed by atoms with van der Waals surface area (Å²) in [6, 6.07) is 6.34. The van der Waals surface area contributed by atoms with Crippen molar-refractivity contribution in [3.63, 3.8) is 0 Å². The topological polar surface area (TPSA) is 74.7 Å². The molecule has 21 heavy (non-hydrogen) atoms. The highest BCUT2D eigenvalue weighted by molar-refractivity contribution is 7.92. The predicted octanol–water partition coefficient (Wildman–Crippen LogP) is 1.88. The van der Waals surface area contributed by atoms with E-state index < -0.39 is 15.1 Å². The first-order valence-corrected chi connectivity index (χ1v) is 8.81. The molecule has 116 valence electrons. The summed E-state index contributed by atoms with van der Waals surface area (Å²) in [5.41, 5.74) is 0.858. The second-order valence-corrected chi connectivity index (χ2v) is 7.87. The van der Waals surface area contributed by atoms with Gasteiger partial charge in [0.25, 0.3) is 0 Å². The molecule has 0 aromatic heterocycles. The quantitative estimate of drug-likeness (QED) is 0.925. The molecule has 0 spiro atoms. The van der Waals surface area contributed by atoms with Crippen molar-refractivity contribution in [3.05, 3.63) is 29.8 Å². The number of phenolic OH excluding ortho intramolecular Hbond substituents is 1. The maximum absolute atomic E-state index is 12.5. The number of hydrogen-bond acceptors (Lipinski definition) is 4. The molecule has 1 fully saturated rings. The molecule has 2 atom stereocenters. The number of aromatic hydroxyl groups is 1. The number of phenols is 1. The SMILES string of the molecule is CC(c1ccc(O)cc1)N(C)C(=O)C1CCCCS1(=O)=O. The van der Waals surface area contributed by atoms with Gasteiger partial charge in [-0.05, 0) is 37.5 Å². The molecule has 0 radical (unpaired) electrons. The van der Waals surface area contributed by atoms with Gasteiger partial charge in [0.15, 0.2) is 9.84 Å². The highest BCUT2D eigenvalue weighted by atomic mass is 32.2. The molecular formula is C15H21NO4S. The van der Waals surface area contributed by atoms with Gasteiger partial charge in [-0.2, -0.15) is 0 Å². The molecule has 1 N–H and O–H groups in total. The van der Waals surface area contributed by atoms with Crippen LogP contribution in [0.1, 0.15) is 37.8 Å². The lowest BCUT2D eigenvalue weighted by Gasteiger charge is -2.30. The fraction of sp³-hybridized carbons (Fsp3) is 0.533. The van der Waals surface area contributed by atoms with Gasteiger partial charge in [0.05, 0.1) is 11.8 Å². The number of amides is 1. The van der Waals surface area contributed by atoms with E-state index in [0.717, 1.165) is 12.0 Å². The highest BCUT2D eigenvalue weighted by Crippen LogP contribution is 2.26. The molecule has 1 aromatic carbocycles. The number of sulfone groups is 1. The van der Waals surface area contributed by atoms with Gasteiger partial charge < -0.3 is 10.0 Å². The fourth-order valence-corrected chi connectivity index (χ4v) is 4.52. The Kier molecular flexibility index (Phi) is 4.56. The summed E-state index contributed by atoms with van der Waals surface area (Å²) in [6.07, 6.45) is 1.83. The van der Waals surface area contributed by atoms with Gasteiger partial charge >= 0.3 is 0 Å². The molecule has 1 heterocycles. The van der Waals surface area contributed by atoms with E-state index in [-0.39, 0.29) is 23.5 Å². The zero-order valence-electron chi connectivity index (χ0n) is 12.3. The second-order valence-electron chi connectivity index (χ2n) is 5.57. The highest BCUT2D eigenvalue weighted by Gasteiger charge is 2.37. The zero-order valence-corrected chi connectivity index (χ0v) is 13.1. The molecule has 6 heteroatoms. The average molecular weight is 311 g/mol. The summed E-state index contributed by atoms with van der Waals surface area (Å²) in [7, 11) is -1.69. The predicted molar refractivity (Wildman–Crippen MR) is 80.7 cm³/mol. The largest absolute Gasteiger partial charge is 0.508 e. The lowest BCUT2D eigenvalue weighted by Crippen LogP contribution is -2.44. The summed E-state index contributed by atoms with van der Waals surface area (Å²) in [5, 5.41) is 8.39. The first kappa shape index (κ1) is 15.8. The van der Waals surface area contributed by atoms with E-state index in [9.17, 15) is 18.3 Å². The summed E-state index contributed by atoms with van der Waals surface area (Å²) >= 11 is 0. The van der Waals surface area contributed by atoms with Crippen molar-refractivity contribution in [2.45, 2.75) is 37.5 Å². The zero-order chi connectivity index (χ0) is 15.6. The number of nitrogens with zero attached hydrogens (tertiary/aromatic N) is 1. The average Bonchev–Trinajstić information content (AvgIpc) is 2.45. The maximum atomic E-state index is 12.5. The monoisotopic (exact) mass is 311 g/mol. The van der Waals surface area contributed by atoms with E-state index in [1.807, 2.05) is 6.92 Å². The lowest BCUT2D eigenvalue weighted by molar-refractivity contribution is -0.131. The van der Waals surface area contributed by atoms with Gasteiger partial charge in [0.2, 0.25) is 5.91 Å². The Morgan fingerprint density at radius 3 is 2.48 bits per heavy atom. The van der Waals surface area contributed by atoms with Crippen molar-refractivity contribution >= 4 is 15.7 Å². The molecule has 0 bridgehead atoms. The first-order valence-electron chi connectivity index (χ1n) is 7.10. The minimum Gasteiger partial charge on any atom is -0.508 e. The third kappa shape index (κ3) is 3.37. The van der Waals surface area contributed by atoms with Crippen LogP contribution >= 0.6 is 0 Å². The van der Waals surface area contributed by atoms with Gasteiger partial charge in [-0.3, -0.25) is 4.79 Å². The van der Waals surface area contributed by atoms with Gasteiger partial charge in [-0.15, -0.1) is 0 Å². The van der Waals surface area contributed by atoms with Crippen molar-refractivity contribution in [2.75, 3.05) is 12.8 Å². The van der Waals surface area contributed by atoms with E-state index in [2.05, 4.69) is 0 Å². The standard InChI is InChI=1S/C15H21NO4S/c1-11(12-6-8-13(17)9-7-12)16(2)15(18)14-5-3-4-10-21(14,19)20/h6-9,11,14,17H,3-5,10H2,1-2H3. The molecular weight excluding hydrogens is 290 g/mol. The Morgan fingerprint density at radius 2 is 1.90 bits per heavy atom. The van der Waals surface area contributed by atoms with Crippen molar-refractivity contribution < 1.29 is 18.3 Å². The Balaban J connectivity index is 2.16.